The number of nitrogens with zero attached hydrogens (tertiary/aromatic N) is 2. The van der Waals surface area contributed by atoms with Crippen molar-refractivity contribution in [2.24, 2.45) is 0 Å². The molecule has 6 heteroatoms. The van der Waals surface area contributed by atoms with E-state index >= 15 is 0 Å². The molecule has 6 nitrogen and oxygen atoms in total. The van der Waals surface area contributed by atoms with E-state index in [1.807, 2.05) is 43.3 Å². The minimum Gasteiger partial charge on any atom is -0.496 e. The number of hydrogen-bond acceptors (Lipinski definition) is 3. The number of aromatic nitrogens is 1. The molecule has 0 aliphatic carbocycles. The Kier molecular flexibility index (Phi) is 4.96. The monoisotopic (exact) mass is 431 g/mol. The molecule has 1 fully saturated rings. The summed E-state index contributed by atoms with van der Waals surface area (Å²) in [5.74, 6) is 0.686. The molecular weight excluding hydrogens is 402 g/mol. The number of hydrogen-bond donors (Lipinski definition) is 1. The first-order valence-electron chi connectivity index (χ1n) is 11.3. The number of piperazine rings is 1. The average molecular weight is 432 g/mol. The largest absolute Gasteiger partial charge is 0.496 e. The Labute approximate surface area is 188 Å². The molecule has 2 atom stereocenters. The molecule has 3 aromatic rings. The molecule has 166 valence electrons. The zero-order chi connectivity index (χ0) is 22.5. The molecule has 32 heavy (non-hydrogen) atoms. The van der Waals surface area contributed by atoms with E-state index in [9.17, 15) is 9.59 Å². The van der Waals surface area contributed by atoms with Crippen LogP contribution in [0.15, 0.2) is 48.5 Å². The van der Waals surface area contributed by atoms with Crippen LogP contribution in [0.25, 0.3) is 10.9 Å². The third-order valence-corrected chi connectivity index (χ3v) is 7.11. The number of nitrogens with one attached hydrogen (secondary N) is 1. The molecule has 0 radical (unpaired) electrons. The number of carbonyl (C=O) groups excluding carboxylic acids is 2. The molecule has 1 N–H and O–H groups in total. The molecule has 3 heterocycles. The molecular formula is C26H29N3O3. The molecule has 5 rings (SSSR count). The van der Waals surface area contributed by atoms with Gasteiger partial charge in [0.1, 0.15) is 5.75 Å². The van der Waals surface area contributed by atoms with Crippen molar-refractivity contribution in [2.45, 2.75) is 38.1 Å². The summed E-state index contributed by atoms with van der Waals surface area (Å²) in [5.41, 5.74) is 2.86. The zero-order valence-electron chi connectivity index (χ0n) is 18.9. The summed E-state index contributed by atoms with van der Waals surface area (Å²) >= 11 is 0. The van der Waals surface area contributed by atoms with E-state index in [4.69, 9.17) is 4.74 Å². The van der Waals surface area contributed by atoms with Crippen LogP contribution in [0.2, 0.25) is 0 Å². The second kappa shape index (κ2) is 7.69. The number of carbonyl (C=O) groups is 2. The highest BCUT2D eigenvalue weighted by atomic mass is 16.5. The van der Waals surface area contributed by atoms with Crippen LogP contribution in [-0.4, -0.2) is 53.3 Å². The third kappa shape index (κ3) is 2.85. The topological polar surface area (TPSA) is 65.6 Å². The number of para-hydroxylation sites is 2. The summed E-state index contributed by atoms with van der Waals surface area (Å²) in [5, 5.41) is 1.09. The lowest BCUT2D eigenvalue weighted by atomic mass is 9.76. The predicted molar refractivity (Wildman–Crippen MR) is 124 cm³/mol. The number of aromatic amines is 1. The number of unbranched alkanes of at least 4 members (excludes halogenated alkanes) is 1. The summed E-state index contributed by atoms with van der Waals surface area (Å²) in [6.45, 7) is 5.19. The van der Waals surface area contributed by atoms with E-state index in [2.05, 4.69) is 24.0 Å². The second-order valence-electron chi connectivity index (χ2n) is 8.91. The maximum absolute atomic E-state index is 13.8. The van der Waals surface area contributed by atoms with E-state index in [0.717, 1.165) is 46.3 Å². The van der Waals surface area contributed by atoms with Crippen LogP contribution in [0, 0.1) is 0 Å². The standard InChI is InChI=1S/C26H29N3O3/c1-4-5-14-28-16-22(30)29-15-19(17-10-7-9-13-21(17)32-3)23-18-11-6-8-12-20(18)27-24(23)26(29,2)25(28)31/h6-13,19,27H,4-5,14-16H2,1-3H3/t19?,26-/m0/s1. The minimum absolute atomic E-state index is 0.00293. The predicted octanol–water partition coefficient (Wildman–Crippen LogP) is 4.01. The van der Waals surface area contributed by atoms with Crippen molar-refractivity contribution < 1.29 is 14.3 Å². The first kappa shape index (κ1) is 20.6. The number of fused-ring (bicyclic) bond motifs is 5. The Bertz CT molecular complexity index is 1200. The lowest BCUT2D eigenvalue weighted by Gasteiger charge is -2.51. The third-order valence-electron chi connectivity index (χ3n) is 7.11. The van der Waals surface area contributed by atoms with Crippen LogP contribution >= 0.6 is 0 Å². The van der Waals surface area contributed by atoms with E-state index in [1.54, 1.807) is 16.9 Å². The van der Waals surface area contributed by atoms with Crippen molar-refractivity contribution >= 4 is 22.7 Å². The first-order chi connectivity index (χ1) is 15.5. The Hall–Kier alpha value is -3.28. The van der Waals surface area contributed by atoms with Crippen molar-refractivity contribution in [3.8, 4) is 5.75 Å². The number of rotatable bonds is 5. The van der Waals surface area contributed by atoms with Gasteiger partial charge >= 0.3 is 0 Å². The van der Waals surface area contributed by atoms with Crippen LogP contribution in [0.1, 0.15) is 49.4 Å². The van der Waals surface area contributed by atoms with Crippen LogP contribution in [0.4, 0.5) is 0 Å². The minimum atomic E-state index is -1.05. The van der Waals surface area contributed by atoms with Gasteiger partial charge in [-0.25, -0.2) is 0 Å². The van der Waals surface area contributed by atoms with Crippen molar-refractivity contribution in [1.29, 1.82) is 0 Å². The molecule has 1 aromatic heterocycles. The summed E-state index contributed by atoms with van der Waals surface area (Å²) in [6, 6.07) is 16.1. The van der Waals surface area contributed by atoms with Gasteiger partial charge in [0.15, 0.2) is 5.54 Å². The van der Waals surface area contributed by atoms with Crippen LogP contribution in [0.5, 0.6) is 5.75 Å². The highest BCUT2D eigenvalue weighted by Gasteiger charge is 2.56. The molecule has 0 bridgehead atoms. The van der Waals surface area contributed by atoms with E-state index in [0.29, 0.717) is 13.1 Å². The van der Waals surface area contributed by atoms with E-state index < -0.39 is 5.54 Å². The lowest BCUT2D eigenvalue weighted by Crippen LogP contribution is -2.67. The molecule has 2 amide bonds. The fourth-order valence-electron chi connectivity index (χ4n) is 5.44. The van der Waals surface area contributed by atoms with Crippen molar-refractivity contribution in [1.82, 2.24) is 14.8 Å². The maximum Gasteiger partial charge on any atom is 0.254 e. The number of ether oxygens (including phenoxy) is 1. The fourth-order valence-corrected chi connectivity index (χ4v) is 5.44. The first-order valence-corrected chi connectivity index (χ1v) is 11.3. The van der Waals surface area contributed by atoms with Crippen molar-refractivity contribution in [3.63, 3.8) is 0 Å². The van der Waals surface area contributed by atoms with Gasteiger partial charge in [-0.15, -0.1) is 0 Å². The smallest absolute Gasteiger partial charge is 0.254 e. The number of methoxy groups -OCH3 is 1. The molecule has 0 saturated carbocycles. The second-order valence-corrected chi connectivity index (χ2v) is 8.91. The molecule has 2 aliphatic heterocycles. The van der Waals surface area contributed by atoms with Gasteiger partial charge in [-0.3, -0.25) is 9.59 Å². The van der Waals surface area contributed by atoms with Gasteiger partial charge in [-0.2, -0.15) is 0 Å². The van der Waals surface area contributed by atoms with Crippen molar-refractivity contribution in [3.05, 3.63) is 65.4 Å². The van der Waals surface area contributed by atoms with Crippen LogP contribution in [-0.2, 0) is 15.1 Å². The van der Waals surface area contributed by atoms with Gasteiger partial charge in [0, 0.05) is 35.5 Å². The van der Waals surface area contributed by atoms with Crippen LogP contribution < -0.4 is 4.74 Å². The van der Waals surface area contributed by atoms with Gasteiger partial charge in [-0.1, -0.05) is 49.7 Å². The van der Waals surface area contributed by atoms with Gasteiger partial charge in [0.2, 0.25) is 5.91 Å². The Morgan fingerprint density at radius 1 is 1.12 bits per heavy atom. The normalized spacial score (nSPS) is 22.8. The van der Waals surface area contributed by atoms with Crippen molar-refractivity contribution in [2.75, 3.05) is 26.7 Å². The number of amides is 2. The van der Waals surface area contributed by atoms with E-state index in [-0.39, 0.29) is 24.3 Å². The highest BCUT2D eigenvalue weighted by Crippen LogP contribution is 2.49. The van der Waals surface area contributed by atoms with Gasteiger partial charge in [0.05, 0.1) is 19.3 Å². The highest BCUT2D eigenvalue weighted by molar-refractivity contribution is 6.01. The van der Waals surface area contributed by atoms with E-state index in [1.165, 1.54) is 0 Å². The lowest BCUT2D eigenvalue weighted by molar-refractivity contribution is -0.166. The SMILES string of the molecule is CCCCN1CC(=O)N2CC(c3ccccc3OC)c3c([nH]c4ccccc34)[C@@]2(C)C1=O. The summed E-state index contributed by atoms with van der Waals surface area (Å²) < 4.78 is 5.68. The van der Waals surface area contributed by atoms with Gasteiger partial charge in [-0.05, 0) is 31.0 Å². The fraction of sp³-hybridized carbons (Fsp3) is 0.385. The Balaban J connectivity index is 1.74. The molecule has 0 spiro atoms. The summed E-state index contributed by atoms with van der Waals surface area (Å²) in [6.07, 6.45) is 1.87. The van der Waals surface area contributed by atoms with Gasteiger partial charge < -0.3 is 19.5 Å². The molecule has 1 unspecified atom stereocenters. The average Bonchev–Trinajstić information content (AvgIpc) is 3.21. The maximum atomic E-state index is 13.8. The molecule has 2 aliphatic rings. The Morgan fingerprint density at radius 3 is 2.66 bits per heavy atom. The summed E-state index contributed by atoms with van der Waals surface area (Å²) in [7, 11) is 1.67. The summed E-state index contributed by atoms with van der Waals surface area (Å²) in [4.78, 5) is 34.3. The van der Waals surface area contributed by atoms with Crippen LogP contribution in [0.3, 0.4) is 0 Å². The van der Waals surface area contributed by atoms with Gasteiger partial charge in [0.25, 0.3) is 5.91 Å². The number of H-pyrrole nitrogens is 1. The molecule has 1 saturated heterocycles. The number of benzene rings is 2. The quantitative estimate of drug-likeness (QED) is 0.664. The molecule has 2 aromatic carbocycles. The Morgan fingerprint density at radius 2 is 1.88 bits per heavy atom. The zero-order valence-corrected chi connectivity index (χ0v) is 18.9.